The average Bonchev–Trinajstić information content (AvgIpc) is 3.64. The van der Waals surface area contributed by atoms with Crippen molar-refractivity contribution >= 4 is 21.8 Å². The lowest BCUT2D eigenvalue weighted by molar-refractivity contribution is 0.443. The van der Waals surface area contributed by atoms with Gasteiger partial charge in [0.25, 0.3) is 0 Å². The molecular weight excluding hydrogens is 649 g/mol. The maximum atomic E-state index is 6.87. The molecule has 6 aromatic rings. The minimum atomic E-state index is 0.327. The molecule has 0 spiro atoms. The summed E-state index contributed by atoms with van der Waals surface area (Å²) in [4.78, 5) is 4.79. The second kappa shape index (κ2) is 15.4. The second-order valence-electron chi connectivity index (χ2n) is 16.8. The van der Waals surface area contributed by atoms with Crippen LogP contribution >= 0.6 is 0 Å². The zero-order valence-electron chi connectivity index (χ0n) is 33.4. The molecule has 0 fully saturated rings. The molecule has 3 aromatic carbocycles. The highest BCUT2D eigenvalue weighted by Gasteiger charge is 2.32. The molecule has 0 saturated heterocycles. The van der Waals surface area contributed by atoms with Gasteiger partial charge in [-0.3, -0.25) is 4.57 Å². The molecule has 0 radical (unpaired) electrons. The van der Waals surface area contributed by atoms with E-state index < -0.39 is 0 Å². The van der Waals surface area contributed by atoms with E-state index in [2.05, 4.69) is 144 Å². The predicted octanol–water partition coefficient (Wildman–Crippen LogP) is 13.2. The van der Waals surface area contributed by atoms with E-state index in [0.29, 0.717) is 29.6 Å². The summed E-state index contributed by atoms with van der Waals surface area (Å²) in [6.07, 6.45) is 11.0. The third kappa shape index (κ3) is 7.58. The Labute approximate surface area is 317 Å². The number of aromatic nitrogens is 4. The summed E-state index contributed by atoms with van der Waals surface area (Å²) in [6, 6.07) is 26.0. The Balaban J connectivity index is 1.37. The minimum Gasteiger partial charge on any atom is -0.457 e. The van der Waals surface area contributed by atoms with Gasteiger partial charge < -0.3 is 4.74 Å². The van der Waals surface area contributed by atoms with Crippen molar-refractivity contribution in [1.29, 1.82) is 0 Å². The third-order valence-electron chi connectivity index (χ3n) is 11.3. The molecule has 0 N–H and O–H groups in total. The summed E-state index contributed by atoms with van der Waals surface area (Å²) >= 11 is 0. The number of aryl methyl sites for hydroxylation is 2. The first-order chi connectivity index (χ1) is 25.5. The Morgan fingerprint density at radius 3 is 2.28 bits per heavy atom. The zero-order valence-corrected chi connectivity index (χ0v) is 33.4. The van der Waals surface area contributed by atoms with Gasteiger partial charge in [0.05, 0.1) is 22.4 Å². The standard InChI is InChI=1S/C48H58N4O/c1-30(2)17-21-42-48(47-34(8)13-12-14-35(47)9)44(22-18-31(3)4)52(50-42)37-26-36(32(5)6)27-39(28-37)53-38-19-20-41-40-15-10-11-16-43(40)51(45(41)29-38)46-25-33(7)23-24-49-46/h10-11,13,15-16,19-20,23-32,35,47H,12,14,17-18,21-22H2,1-9H3/t35-,47?/m0/s1. The van der Waals surface area contributed by atoms with Gasteiger partial charge in [0, 0.05) is 46.3 Å². The quantitative estimate of drug-likeness (QED) is 0.119. The number of pyridine rings is 1. The molecule has 1 aliphatic rings. The SMILES string of the molecule is CC1=CCC[C@H](C)C1c1c(CCC(C)C)nn(-c2cc(Oc3ccc4c5ccccc5n(-c5cc(C)ccn5)c4c3)cc(C(C)C)c2)c1CCC(C)C. The first-order valence-corrected chi connectivity index (χ1v) is 20.0. The first kappa shape index (κ1) is 36.7. The highest BCUT2D eigenvalue weighted by Crippen LogP contribution is 2.43. The monoisotopic (exact) mass is 706 g/mol. The lowest BCUT2D eigenvalue weighted by atomic mass is 9.74. The van der Waals surface area contributed by atoms with Crippen molar-refractivity contribution in [3.63, 3.8) is 0 Å². The lowest BCUT2D eigenvalue weighted by Gasteiger charge is -2.30. The number of rotatable bonds is 12. The number of ether oxygens (including phenoxy) is 1. The Kier molecular flexibility index (Phi) is 10.7. The van der Waals surface area contributed by atoms with Gasteiger partial charge in [-0.15, -0.1) is 0 Å². The van der Waals surface area contributed by atoms with Crippen LogP contribution in [0.25, 0.3) is 33.3 Å². The maximum absolute atomic E-state index is 6.87. The molecule has 5 heteroatoms. The fraction of sp³-hybridized carbons (Fsp3) is 0.417. The van der Waals surface area contributed by atoms with Crippen LogP contribution in [0.3, 0.4) is 0 Å². The van der Waals surface area contributed by atoms with E-state index in [1.807, 2.05) is 12.3 Å². The van der Waals surface area contributed by atoms with E-state index in [-0.39, 0.29) is 0 Å². The van der Waals surface area contributed by atoms with Crippen molar-refractivity contribution < 1.29 is 4.74 Å². The van der Waals surface area contributed by atoms with Gasteiger partial charge in [0.15, 0.2) is 0 Å². The molecular formula is C48H58N4O. The molecule has 5 nitrogen and oxygen atoms in total. The summed E-state index contributed by atoms with van der Waals surface area (Å²) in [5, 5.41) is 7.95. The molecule has 3 aromatic heterocycles. The van der Waals surface area contributed by atoms with E-state index in [1.54, 1.807) is 0 Å². The fourth-order valence-corrected chi connectivity index (χ4v) is 8.35. The molecule has 2 atom stereocenters. The van der Waals surface area contributed by atoms with Crippen LogP contribution in [0.1, 0.15) is 121 Å². The molecule has 53 heavy (non-hydrogen) atoms. The largest absolute Gasteiger partial charge is 0.457 e. The van der Waals surface area contributed by atoms with Gasteiger partial charge in [-0.1, -0.05) is 78.3 Å². The van der Waals surface area contributed by atoms with Crippen molar-refractivity contribution in [3.8, 4) is 23.0 Å². The Hall–Kier alpha value is -4.64. The van der Waals surface area contributed by atoms with E-state index >= 15 is 0 Å². The first-order valence-electron chi connectivity index (χ1n) is 20.0. The number of nitrogens with zero attached hydrogens (tertiary/aromatic N) is 4. The zero-order chi connectivity index (χ0) is 37.4. The van der Waals surface area contributed by atoms with Crippen molar-refractivity contribution in [2.24, 2.45) is 17.8 Å². The van der Waals surface area contributed by atoms with E-state index in [1.165, 1.54) is 57.3 Å². The van der Waals surface area contributed by atoms with Crippen LogP contribution in [0.2, 0.25) is 0 Å². The molecule has 276 valence electrons. The number of hydrogen-bond acceptors (Lipinski definition) is 3. The maximum Gasteiger partial charge on any atom is 0.137 e. The Morgan fingerprint density at radius 1 is 0.792 bits per heavy atom. The summed E-state index contributed by atoms with van der Waals surface area (Å²) in [7, 11) is 0. The fourth-order valence-electron chi connectivity index (χ4n) is 8.35. The van der Waals surface area contributed by atoms with Crippen LogP contribution in [0, 0.1) is 24.7 Å². The van der Waals surface area contributed by atoms with Gasteiger partial charge >= 0.3 is 0 Å². The number of allylic oxidation sites excluding steroid dienone is 2. The predicted molar refractivity (Wildman–Crippen MR) is 222 cm³/mol. The van der Waals surface area contributed by atoms with Crippen LogP contribution in [0.4, 0.5) is 0 Å². The second-order valence-corrected chi connectivity index (χ2v) is 16.8. The number of para-hydroxylation sites is 1. The lowest BCUT2D eigenvalue weighted by Crippen LogP contribution is -2.18. The van der Waals surface area contributed by atoms with Crippen molar-refractivity contribution in [2.45, 2.75) is 113 Å². The third-order valence-corrected chi connectivity index (χ3v) is 11.3. The number of hydrogen-bond donors (Lipinski definition) is 0. The van der Waals surface area contributed by atoms with Gasteiger partial charge in [0.2, 0.25) is 0 Å². The van der Waals surface area contributed by atoms with E-state index in [9.17, 15) is 0 Å². The smallest absolute Gasteiger partial charge is 0.137 e. The number of fused-ring (bicyclic) bond motifs is 3. The van der Waals surface area contributed by atoms with Crippen molar-refractivity contribution in [1.82, 2.24) is 19.3 Å². The van der Waals surface area contributed by atoms with Crippen LogP contribution < -0.4 is 4.74 Å². The molecule has 0 saturated carbocycles. The van der Waals surface area contributed by atoms with Crippen LogP contribution in [-0.4, -0.2) is 19.3 Å². The molecule has 3 heterocycles. The summed E-state index contributed by atoms with van der Waals surface area (Å²) in [5.41, 5.74) is 11.4. The minimum absolute atomic E-state index is 0.327. The van der Waals surface area contributed by atoms with Crippen LogP contribution in [0.5, 0.6) is 11.5 Å². The normalized spacial score (nSPS) is 16.4. The molecule has 0 bridgehead atoms. The summed E-state index contributed by atoms with van der Waals surface area (Å²) < 4.78 is 11.4. The van der Waals surface area contributed by atoms with E-state index in [4.69, 9.17) is 14.8 Å². The highest BCUT2D eigenvalue weighted by molar-refractivity contribution is 6.09. The summed E-state index contributed by atoms with van der Waals surface area (Å²) in [6.45, 7) is 20.8. The summed E-state index contributed by atoms with van der Waals surface area (Å²) in [5.74, 6) is 5.10. The molecule has 1 unspecified atom stereocenters. The van der Waals surface area contributed by atoms with Gasteiger partial charge in [-0.05, 0) is 130 Å². The van der Waals surface area contributed by atoms with Gasteiger partial charge in [0.1, 0.15) is 17.3 Å². The Bertz CT molecular complexity index is 2260. The molecule has 7 rings (SSSR count). The average molecular weight is 707 g/mol. The molecule has 0 aliphatic heterocycles. The topological polar surface area (TPSA) is 44.9 Å². The van der Waals surface area contributed by atoms with Crippen molar-refractivity contribution in [3.05, 3.63) is 119 Å². The highest BCUT2D eigenvalue weighted by atomic mass is 16.5. The molecule has 0 amide bonds. The van der Waals surface area contributed by atoms with E-state index in [0.717, 1.165) is 59.7 Å². The van der Waals surface area contributed by atoms with Crippen molar-refractivity contribution in [2.75, 3.05) is 0 Å². The van der Waals surface area contributed by atoms with Gasteiger partial charge in [-0.2, -0.15) is 5.10 Å². The Morgan fingerprint density at radius 2 is 1.55 bits per heavy atom. The van der Waals surface area contributed by atoms with Gasteiger partial charge in [-0.25, -0.2) is 9.67 Å². The number of benzene rings is 3. The van der Waals surface area contributed by atoms with Crippen LogP contribution in [-0.2, 0) is 12.8 Å². The van der Waals surface area contributed by atoms with Crippen LogP contribution in [0.15, 0.2) is 90.6 Å². The molecule has 1 aliphatic carbocycles.